The molecule has 0 spiro atoms. The number of esters is 1. The van der Waals surface area contributed by atoms with Crippen molar-refractivity contribution in [2.24, 2.45) is 5.41 Å². The summed E-state index contributed by atoms with van der Waals surface area (Å²) >= 11 is 0. The van der Waals surface area contributed by atoms with E-state index in [4.69, 9.17) is 9.15 Å². The molecule has 0 fully saturated rings. The van der Waals surface area contributed by atoms with Crippen LogP contribution in [0.3, 0.4) is 0 Å². The molecule has 1 aromatic heterocycles. The summed E-state index contributed by atoms with van der Waals surface area (Å²) < 4.78 is 14.3. The fourth-order valence-corrected chi connectivity index (χ4v) is 1.83. The molecule has 0 aromatic carbocycles. The molecule has 1 heterocycles. The molecule has 0 aliphatic heterocycles. The van der Waals surface area contributed by atoms with Crippen LogP contribution in [-0.2, 0) is 20.9 Å². The summed E-state index contributed by atoms with van der Waals surface area (Å²) in [5.41, 5.74) is -0.449. The molecule has 0 aliphatic carbocycles. The van der Waals surface area contributed by atoms with Crippen LogP contribution in [0.5, 0.6) is 0 Å². The lowest BCUT2D eigenvalue weighted by Gasteiger charge is -2.21. The second-order valence-corrected chi connectivity index (χ2v) is 5.31. The normalized spacial score (nSPS) is 11.4. The molecule has 0 radical (unpaired) electrons. The van der Waals surface area contributed by atoms with Gasteiger partial charge >= 0.3 is 11.8 Å². The second kappa shape index (κ2) is 5.86. The van der Waals surface area contributed by atoms with Crippen molar-refractivity contribution in [1.29, 1.82) is 0 Å². The number of ketones is 1. The number of ether oxygens (including phenoxy) is 1. The van der Waals surface area contributed by atoms with Crippen LogP contribution in [0.1, 0.15) is 45.1 Å². The van der Waals surface area contributed by atoms with Crippen LogP contribution in [0.25, 0.3) is 0 Å². The van der Waals surface area contributed by atoms with Crippen molar-refractivity contribution in [3.8, 4) is 0 Å². The molecule has 106 valence electrons. The van der Waals surface area contributed by atoms with Crippen molar-refractivity contribution < 1.29 is 23.2 Å². The third-order valence-corrected chi connectivity index (χ3v) is 2.55. The first-order chi connectivity index (χ1) is 8.69. The van der Waals surface area contributed by atoms with Gasteiger partial charge in [-0.2, -0.15) is 0 Å². The topological polar surface area (TPSA) is 86.7 Å². The molecule has 1 rings (SSSR count). The highest BCUT2D eigenvalue weighted by Gasteiger charge is 2.25. The Bertz CT molecular complexity index is 519. The van der Waals surface area contributed by atoms with Crippen LogP contribution in [-0.4, -0.2) is 11.8 Å². The molecule has 0 saturated carbocycles. The molecule has 6 heteroatoms. The minimum atomic E-state index is -0.819. The van der Waals surface area contributed by atoms with E-state index in [1.807, 2.05) is 13.8 Å². The van der Waals surface area contributed by atoms with E-state index in [1.54, 1.807) is 6.92 Å². The van der Waals surface area contributed by atoms with Crippen molar-refractivity contribution in [2.75, 3.05) is 0 Å². The first kappa shape index (κ1) is 15.2. The van der Waals surface area contributed by atoms with E-state index < -0.39 is 17.2 Å². The average Bonchev–Trinajstić information content (AvgIpc) is 2.51. The van der Waals surface area contributed by atoms with E-state index in [0.717, 1.165) is 0 Å². The number of rotatable bonds is 6. The van der Waals surface area contributed by atoms with E-state index >= 15 is 0 Å². The Morgan fingerprint density at radius 3 is 2.32 bits per heavy atom. The van der Waals surface area contributed by atoms with Crippen LogP contribution >= 0.6 is 0 Å². The van der Waals surface area contributed by atoms with Gasteiger partial charge in [0.1, 0.15) is 5.78 Å². The summed E-state index contributed by atoms with van der Waals surface area (Å²) in [6, 6.07) is 0. The summed E-state index contributed by atoms with van der Waals surface area (Å²) in [6.45, 7) is 6.52. The lowest BCUT2D eigenvalue weighted by molar-refractivity contribution is -0.148. The molecule has 0 atom stereocenters. The number of hydrogen-bond donors (Lipinski definition) is 0. The zero-order chi connectivity index (χ0) is 14.6. The summed E-state index contributed by atoms with van der Waals surface area (Å²) in [4.78, 5) is 33.5. The summed E-state index contributed by atoms with van der Waals surface area (Å²) in [6.07, 6.45) is 0.426. The minimum Gasteiger partial charge on any atom is -0.457 e. The van der Waals surface area contributed by atoms with Gasteiger partial charge in [-0.3, -0.25) is 4.79 Å². The third-order valence-electron chi connectivity index (χ3n) is 2.55. The average molecular weight is 270 g/mol. The number of aryl methyl sites for hydroxylation is 1. The van der Waals surface area contributed by atoms with Gasteiger partial charge in [-0.1, -0.05) is 13.8 Å². The summed E-state index contributed by atoms with van der Waals surface area (Å²) in [5.74, 6) is -0.757. The third kappa shape index (κ3) is 5.11. The molecule has 0 unspecified atom stereocenters. The van der Waals surface area contributed by atoms with Gasteiger partial charge in [-0.25, -0.2) is 4.79 Å². The Balaban J connectivity index is 2.50. The Morgan fingerprint density at radius 1 is 1.21 bits per heavy atom. The van der Waals surface area contributed by atoms with Crippen molar-refractivity contribution in [3.05, 3.63) is 22.1 Å². The Morgan fingerprint density at radius 2 is 1.84 bits per heavy atom. The Hall–Kier alpha value is -1.85. The lowest BCUT2D eigenvalue weighted by atomic mass is 9.84. The maximum atomic E-state index is 11.6. The molecule has 0 aliphatic rings. The Kier molecular flexibility index (Phi) is 4.69. The smallest absolute Gasteiger partial charge is 0.457 e. The van der Waals surface area contributed by atoms with Gasteiger partial charge in [0.15, 0.2) is 18.1 Å². The van der Waals surface area contributed by atoms with Crippen LogP contribution < -0.4 is 5.82 Å². The van der Waals surface area contributed by atoms with Gasteiger partial charge in [0.2, 0.25) is 0 Å². The van der Waals surface area contributed by atoms with Gasteiger partial charge in [-0.05, 0) is 19.3 Å². The molecule has 6 nitrogen and oxygen atoms in total. The van der Waals surface area contributed by atoms with Crippen molar-refractivity contribution in [2.45, 2.75) is 47.1 Å². The van der Waals surface area contributed by atoms with E-state index in [9.17, 15) is 14.4 Å². The number of carbonyl (C=O) groups excluding carboxylic acids is 2. The van der Waals surface area contributed by atoms with E-state index in [0.29, 0.717) is 12.2 Å². The van der Waals surface area contributed by atoms with Gasteiger partial charge in [0.05, 0.1) is 6.42 Å². The number of carbonyl (C=O) groups is 2. The molecule has 0 saturated heterocycles. The molecule has 0 N–H and O–H groups in total. The largest absolute Gasteiger partial charge is 0.519 e. The van der Waals surface area contributed by atoms with Gasteiger partial charge in [0.25, 0.3) is 0 Å². The first-order valence-electron chi connectivity index (χ1n) is 5.94. The zero-order valence-corrected chi connectivity index (χ0v) is 11.6. The van der Waals surface area contributed by atoms with Crippen molar-refractivity contribution in [3.63, 3.8) is 0 Å². The lowest BCUT2D eigenvalue weighted by Crippen LogP contribution is -2.21. The quantitative estimate of drug-likeness (QED) is 0.734. The highest BCUT2D eigenvalue weighted by molar-refractivity contribution is 5.77. The number of hydrogen-bond acceptors (Lipinski definition) is 6. The standard InChI is InChI=1S/C13H18O6/c1-8(14)5-13(3,4)6-11(15)17-7-10-9(2)18-12(16)19-10/h5-7H2,1-4H3. The van der Waals surface area contributed by atoms with Crippen molar-refractivity contribution in [1.82, 2.24) is 0 Å². The van der Waals surface area contributed by atoms with Gasteiger partial charge in [-0.15, -0.1) is 0 Å². The molecular formula is C13H18O6. The summed E-state index contributed by atoms with van der Waals surface area (Å²) in [7, 11) is 0. The molecule has 19 heavy (non-hydrogen) atoms. The van der Waals surface area contributed by atoms with Crippen LogP contribution in [0, 0.1) is 12.3 Å². The maximum absolute atomic E-state index is 11.6. The Labute approximate surface area is 110 Å². The zero-order valence-electron chi connectivity index (χ0n) is 11.6. The monoisotopic (exact) mass is 270 g/mol. The van der Waals surface area contributed by atoms with Crippen LogP contribution in [0.4, 0.5) is 0 Å². The highest BCUT2D eigenvalue weighted by atomic mass is 16.6. The van der Waals surface area contributed by atoms with E-state index in [2.05, 4.69) is 4.42 Å². The maximum Gasteiger partial charge on any atom is 0.519 e. The first-order valence-corrected chi connectivity index (χ1v) is 5.94. The fraction of sp³-hybridized carbons (Fsp3) is 0.615. The van der Waals surface area contributed by atoms with E-state index in [-0.39, 0.29) is 24.6 Å². The second-order valence-electron chi connectivity index (χ2n) is 5.31. The molecule has 1 aromatic rings. The van der Waals surface area contributed by atoms with E-state index in [1.165, 1.54) is 6.92 Å². The molecular weight excluding hydrogens is 252 g/mol. The minimum absolute atomic E-state index is 0.0227. The predicted octanol–water partition coefficient (Wildman–Crippen LogP) is 1.98. The van der Waals surface area contributed by atoms with Crippen LogP contribution in [0.2, 0.25) is 0 Å². The van der Waals surface area contributed by atoms with Crippen molar-refractivity contribution >= 4 is 11.8 Å². The fourth-order valence-electron chi connectivity index (χ4n) is 1.83. The summed E-state index contributed by atoms with van der Waals surface area (Å²) in [5, 5.41) is 0. The highest BCUT2D eigenvalue weighted by Crippen LogP contribution is 2.26. The van der Waals surface area contributed by atoms with Crippen LogP contribution in [0.15, 0.2) is 13.6 Å². The molecule has 0 amide bonds. The molecule has 0 bridgehead atoms. The predicted molar refractivity (Wildman–Crippen MR) is 65.5 cm³/mol. The SMILES string of the molecule is CC(=O)CC(C)(C)CC(=O)OCc1oc(=O)oc1C. The van der Waals surface area contributed by atoms with Gasteiger partial charge in [0, 0.05) is 6.42 Å². The number of Topliss-reactive ketones (excluding diaryl/α,β-unsaturated/α-hetero) is 1. The van der Waals surface area contributed by atoms with Gasteiger partial charge < -0.3 is 18.4 Å².